The molecule has 0 unspecified atom stereocenters. The van der Waals surface area contributed by atoms with Gasteiger partial charge in [-0.15, -0.1) is 0 Å². The third-order valence-corrected chi connectivity index (χ3v) is 9.21. The van der Waals surface area contributed by atoms with Crippen LogP contribution in [-0.4, -0.2) is 95.6 Å². The van der Waals surface area contributed by atoms with Crippen LogP contribution in [-0.2, 0) is 10.9 Å². The second-order valence-corrected chi connectivity index (χ2v) is 12.7. The molecule has 3 aliphatic heterocycles. The van der Waals surface area contributed by atoms with Crippen molar-refractivity contribution in [2.75, 3.05) is 63.1 Å². The molecular weight excluding hydrogens is 596 g/mol. The van der Waals surface area contributed by atoms with Gasteiger partial charge >= 0.3 is 12.2 Å². The first-order valence-electron chi connectivity index (χ1n) is 15.3. The van der Waals surface area contributed by atoms with Crippen molar-refractivity contribution in [2.45, 2.75) is 58.0 Å². The van der Waals surface area contributed by atoms with E-state index in [-0.39, 0.29) is 51.9 Å². The lowest BCUT2D eigenvalue weighted by atomic mass is 10.0. The van der Waals surface area contributed by atoms with Crippen molar-refractivity contribution < 1.29 is 31.8 Å². The molecule has 11 nitrogen and oxygen atoms in total. The Hall–Kier alpha value is -3.56. The van der Waals surface area contributed by atoms with Gasteiger partial charge in [-0.2, -0.15) is 23.1 Å². The van der Waals surface area contributed by atoms with Crippen LogP contribution in [0.5, 0.6) is 11.9 Å². The zero-order chi connectivity index (χ0) is 31.7. The van der Waals surface area contributed by atoms with Crippen LogP contribution < -0.4 is 25.4 Å². The molecule has 15 heteroatoms. The van der Waals surface area contributed by atoms with Crippen LogP contribution in [0.1, 0.15) is 37.9 Å². The lowest BCUT2D eigenvalue weighted by molar-refractivity contribution is -0.137. The maximum atomic E-state index is 16.6. The highest BCUT2D eigenvalue weighted by Gasteiger charge is 2.46. The summed E-state index contributed by atoms with van der Waals surface area (Å²) >= 11 is 0. The zero-order valence-electron chi connectivity index (χ0n) is 25.4. The highest BCUT2D eigenvalue weighted by atomic mass is 19.4. The number of piperazine rings is 1. The minimum Gasteiger partial charge on any atom is -0.472 e. The summed E-state index contributed by atoms with van der Waals surface area (Å²) in [6.45, 7) is 10.4. The molecule has 1 saturated carbocycles. The number of halogens is 4. The Labute approximate surface area is 257 Å². The SMILES string of the molecule is Cc1nc(N)cc(-c2nc3c4c(nc(OCC5(CN6CCO[C@H](C)C6)CC5)nc4c2F)N2CCNC[C@H]2[C@H](C)O3)c1C(F)(F)F. The molecule has 3 aromatic heterocycles. The Bertz CT molecular complexity index is 1640. The number of nitrogens with zero attached hydrogens (tertiary/aromatic N) is 6. The van der Waals surface area contributed by atoms with Crippen LogP contribution in [0.4, 0.5) is 29.2 Å². The molecule has 0 radical (unpaired) electrons. The van der Waals surface area contributed by atoms with Crippen LogP contribution in [0, 0.1) is 18.2 Å². The molecule has 0 bridgehead atoms. The van der Waals surface area contributed by atoms with Crippen molar-refractivity contribution >= 4 is 22.5 Å². The first-order valence-corrected chi connectivity index (χ1v) is 15.3. The summed E-state index contributed by atoms with van der Waals surface area (Å²) in [5.41, 5.74) is 2.91. The van der Waals surface area contributed by atoms with Gasteiger partial charge in [0.15, 0.2) is 5.82 Å². The van der Waals surface area contributed by atoms with Crippen LogP contribution in [0.2, 0.25) is 0 Å². The summed E-state index contributed by atoms with van der Waals surface area (Å²) in [5, 5.41) is 3.54. The fourth-order valence-corrected chi connectivity index (χ4v) is 6.79. The van der Waals surface area contributed by atoms with Gasteiger partial charge in [0.1, 0.15) is 34.3 Å². The monoisotopic (exact) mass is 632 g/mol. The normalized spacial score (nSPS) is 24.6. The second kappa shape index (κ2) is 11.1. The number of ether oxygens (including phenoxy) is 3. The number of aromatic nitrogens is 4. The Balaban J connectivity index is 1.34. The van der Waals surface area contributed by atoms with E-state index < -0.39 is 34.9 Å². The van der Waals surface area contributed by atoms with E-state index in [1.807, 2.05) is 11.8 Å². The van der Waals surface area contributed by atoms with Crippen molar-refractivity contribution in [2.24, 2.45) is 5.41 Å². The third-order valence-electron chi connectivity index (χ3n) is 9.21. The molecule has 3 atom stereocenters. The molecule has 7 rings (SSSR count). The van der Waals surface area contributed by atoms with Gasteiger partial charge in [-0.05, 0) is 39.7 Å². The molecule has 0 spiro atoms. The number of nitrogens with one attached hydrogen (secondary N) is 1. The molecule has 1 aliphatic carbocycles. The number of nitrogen functional groups attached to an aromatic ring is 1. The van der Waals surface area contributed by atoms with Crippen molar-refractivity contribution in [3.63, 3.8) is 0 Å². The predicted molar refractivity (Wildman–Crippen MR) is 158 cm³/mol. The van der Waals surface area contributed by atoms with Gasteiger partial charge in [-0.1, -0.05) is 0 Å². The standard InChI is InChI=1S/C30H36F4N8O3/c1-15-12-41(8-9-43-15)13-29(4-5-29)14-44-28-39-25-21-26(40-28)42-7-6-36-11-19(42)17(3)45-27(21)38-24(23(25)31)18-10-20(35)37-16(2)22(18)30(32,33)34/h10,15,17,19,36H,4-9,11-14H2,1-3H3,(H2,35,37)/t15-,17+,19+/m1/s1. The average Bonchev–Trinajstić information content (AvgIpc) is 3.76. The number of aryl methyl sites for hydroxylation is 1. The van der Waals surface area contributed by atoms with E-state index in [0.717, 1.165) is 38.5 Å². The largest absolute Gasteiger partial charge is 0.472 e. The number of rotatable bonds is 6. The maximum absolute atomic E-state index is 16.6. The molecule has 45 heavy (non-hydrogen) atoms. The Morgan fingerprint density at radius 1 is 1.16 bits per heavy atom. The number of fused-ring (bicyclic) bond motifs is 2. The molecule has 3 N–H and O–H groups in total. The molecule has 242 valence electrons. The van der Waals surface area contributed by atoms with Gasteiger partial charge in [0.05, 0.1) is 36.6 Å². The Kier molecular flexibility index (Phi) is 7.40. The van der Waals surface area contributed by atoms with Gasteiger partial charge in [0.2, 0.25) is 5.88 Å². The smallest absolute Gasteiger partial charge is 0.418 e. The molecule has 6 heterocycles. The van der Waals surface area contributed by atoms with Crippen LogP contribution in [0.3, 0.4) is 0 Å². The number of alkyl halides is 3. The van der Waals surface area contributed by atoms with Gasteiger partial charge in [-0.3, -0.25) is 4.90 Å². The molecule has 2 saturated heterocycles. The fraction of sp³-hybridized carbons (Fsp3) is 0.600. The Morgan fingerprint density at radius 2 is 1.96 bits per heavy atom. The Morgan fingerprint density at radius 3 is 2.69 bits per heavy atom. The van der Waals surface area contributed by atoms with E-state index in [1.54, 1.807) is 0 Å². The average molecular weight is 633 g/mol. The number of anilines is 2. The van der Waals surface area contributed by atoms with E-state index >= 15 is 4.39 Å². The highest BCUT2D eigenvalue weighted by Crippen LogP contribution is 2.48. The molecule has 4 aliphatic rings. The van der Waals surface area contributed by atoms with E-state index in [9.17, 15) is 13.2 Å². The van der Waals surface area contributed by atoms with E-state index in [2.05, 4.69) is 32.1 Å². The lowest BCUT2D eigenvalue weighted by Crippen LogP contribution is -2.56. The number of hydrogen-bond acceptors (Lipinski definition) is 11. The first kappa shape index (κ1) is 30.1. The minimum absolute atomic E-state index is 0.0468. The van der Waals surface area contributed by atoms with Crippen molar-refractivity contribution in [1.82, 2.24) is 30.2 Å². The zero-order valence-corrected chi connectivity index (χ0v) is 25.4. The third kappa shape index (κ3) is 5.58. The van der Waals surface area contributed by atoms with E-state index in [4.69, 9.17) is 24.9 Å². The molecule has 3 aromatic rings. The molecular formula is C30H36F4N8O3. The van der Waals surface area contributed by atoms with Gasteiger partial charge in [0.25, 0.3) is 0 Å². The van der Waals surface area contributed by atoms with Crippen LogP contribution in [0.25, 0.3) is 22.2 Å². The highest BCUT2D eigenvalue weighted by molar-refractivity contribution is 5.97. The van der Waals surface area contributed by atoms with E-state index in [0.29, 0.717) is 38.7 Å². The summed E-state index contributed by atoms with van der Waals surface area (Å²) in [6, 6.07) is 0.734. The summed E-state index contributed by atoms with van der Waals surface area (Å²) < 4.78 is 77.7. The minimum atomic E-state index is -4.85. The van der Waals surface area contributed by atoms with Crippen LogP contribution in [0.15, 0.2) is 6.07 Å². The topological polar surface area (TPSA) is 124 Å². The fourth-order valence-electron chi connectivity index (χ4n) is 6.79. The lowest BCUT2D eigenvalue weighted by Gasteiger charge is -2.38. The second-order valence-electron chi connectivity index (χ2n) is 12.7. The molecule has 0 aromatic carbocycles. The van der Waals surface area contributed by atoms with Crippen molar-refractivity contribution in [3.8, 4) is 23.1 Å². The summed E-state index contributed by atoms with van der Waals surface area (Å²) in [6.07, 6.45) is -3.20. The summed E-state index contributed by atoms with van der Waals surface area (Å²) in [7, 11) is 0. The van der Waals surface area contributed by atoms with E-state index in [1.165, 1.54) is 6.92 Å². The number of hydrogen-bond donors (Lipinski definition) is 2. The van der Waals surface area contributed by atoms with Crippen LogP contribution >= 0.6 is 0 Å². The predicted octanol–water partition coefficient (Wildman–Crippen LogP) is 3.57. The van der Waals surface area contributed by atoms with Crippen molar-refractivity contribution in [1.29, 1.82) is 0 Å². The summed E-state index contributed by atoms with van der Waals surface area (Å²) in [4.78, 5) is 21.8. The van der Waals surface area contributed by atoms with Gasteiger partial charge in [0, 0.05) is 50.2 Å². The quantitative estimate of drug-likeness (QED) is 0.388. The van der Waals surface area contributed by atoms with Gasteiger partial charge < -0.3 is 30.2 Å². The maximum Gasteiger partial charge on any atom is 0.418 e. The first-order chi connectivity index (χ1) is 21.4. The molecule has 0 amide bonds. The summed E-state index contributed by atoms with van der Waals surface area (Å²) in [5.74, 6) is -0.916. The number of morpholine rings is 1. The number of pyridine rings is 2. The van der Waals surface area contributed by atoms with Crippen molar-refractivity contribution in [3.05, 3.63) is 23.1 Å². The molecule has 3 fully saturated rings. The van der Waals surface area contributed by atoms with Gasteiger partial charge in [-0.25, -0.2) is 14.4 Å². The number of nitrogens with two attached hydrogens (primary N) is 1.